The zero-order valence-electron chi connectivity index (χ0n) is 35.0. The highest BCUT2D eigenvalue weighted by molar-refractivity contribution is 6.67. The molecular weight excluding hydrogens is 891 g/mol. The lowest BCUT2D eigenvalue weighted by Crippen LogP contribution is -2.31. The van der Waals surface area contributed by atoms with Crippen LogP contribution in [-0.4, -0.2) is 83.1 Å². The highest BCUT2D eigenvalue weighted by Crippen LogP contribution is 2.28. The van der Waals surface area contributed by atoms with Crippen LogP contribution in [0.3, 0.4) is 0 Å². The van der Waals surface area contributed by atoms with Crippen LogP contribution in [0.4, 0.5) is 35.0 Å². The second kappa shape index (κ2) is 24.1. The van der Waals surface area contributed by atoms with Crippen molar-refractivity contribution in [3.63, 3.8) is 0 Å². The van der Waals surface area contributed by atoms with E-state index in [1.54, 1.807) is 43.4 Å². The lowest BCUT2D eigenvalue weighted by molar-refractivity contribution is -0.114. The number of nitrogens with one attached hydrogen (secondary N) is 3. The summed E-state index contributed by atoms with van der Waals surface area (Å²) in [7, 11) is 0. The molecule has 0 atom stereocenters. The fourth-order valence-corrected chi connectivity index (χ4v) is 6.34. The number of anilines is 3. The minimum atomic E-state index is -1.12. The van der Waals surface area contributed by atoms with E-state index < -0.39 is 45.5 Å². The number of nitrogens with zero attached hydrogens (tertiary/aromatic N) is 9. The van der Waals surface area contributed by atoms with Gasteiger partial charge < -0.3 is 20.9 Å². The Kier molecular flexibility index (Phi) is 18.1. The molecule has 2 aliphatic rings. The third kappa shape index (κ3) is 14.5. The van der Waals surface area contributed by atoms with Gasteiger partial charge in [0.15, 0.2) is 11.6 Å². The maximum Gasteiger partial charge on any atom is 0.262 e. The van der Waals surface area contributed by atoms with Gasteiger partial charge in [-0.1, -0.05) is 34.9 Å². The molecule has 21 heteroatoms. The molecular formula is C44H40Cl2F4N12O3. The number of halogens is 6. The average Bonchev–Trinajstić information content (AvgIpc) is 3.28. The van der Waals surface area contributed by atoms with Crippen LogP contribution in [0.5, 0.6) is 0 Å². The molecule has 336 valence electrons. The first-order valence-electron chi connectivity index (χ1n) is 19.5. The van der Waals surface area contributed by atoms with Crippen LogP contribution in [0.15, 0.2) is 110 Å². The van der Waals surface area contributed by atoms with Crippen molar-refractivity contribution < 1.29 is 31.9 Å². The Hall–Kier alpha value is -7.09. The summed E-state index contributed by atoms with van der Waals surface area (Å²) in [5, 5.41) is 7.60. The van der Waals surface area contributed by atoms with Crippen molar-refractivity contribution >= 4 is 68.9 Å². The first-order valence-corrected chi connectivity index (χ1v) is 20.3. The molecule has 0 fully saturated rings. The van der Waals surface area contributed by atoms with Crippen molar-refractivity contribution in [1.29, 1.82) is 0 Å². The molecule has 3 N–H and O–H groups in total. The second-order valence-corrected chi connectivity index (χ2v) is 14.6. The highest BCUT2D eigenvalue weighted by atomic mass is 35.5. The zero-order chi connectivity index (χ0) is 46.9. The normalized spacial score (nSPS) is 13.2. The molecule has 15 nitrogen and oxygen atoms in total. The molecule has 0 aliphatic carbocycles. The van der Waals surface area contributed by atoms with Crippen molar-refractivity contribution in [2.75, 3.05) is 41.7 Å². The number of hydrogen-bond acceptors (Lipinski definition) is 13. The summed E-state index contributed by atoms with van der Waals surface area (Å²) < 4.78 is 52.7. The van der Waals surface area contributed by atoms with E-state index in [1.807, 2.05) is 6.92 Å². The predicted molar refractivity (Wildman–Crippen MR) is 238 cm³/mol. The Morgan fingerprint density at radius 1 is 0.662 bits per heavy atom. The molecule has 0 saturated heterocycles. The minimum absolute atomic E-state index is 0.103. The maximum absolute atomic E-state index is 13.8. The van der Waals surface area contributed by atoms with E-state index in [0.29, 0.717) is 23.2 Å². The van der Waals surface area contributed by atoms with Crippen molar-refractivity contribution in [3.8, 4) is 0 Å². The summed E-state index contributed by atoms with van der Waals surface area (Å²) in [6.45, 7) is 8.90. The van der Waals surface area contributed by atoms with Gasteiger partial charge in [0.1, 0.15) is 45.4 Å². The standard InChI is InChI=1S/C21H18F2N6O.C12H16N4O.C7H3ClF2O.C4H3ClN2/c1-13-5-8-29(19-11-24-6-7-25-19)12-14(13)17-9-27-18(10-26-17)28-21(30)20-15(22)3-2-4-16(20)23;1-8-3-4-13-5-10(8)11-6-15-12(7-14-11)16-9(2)17;8-7(11)6-4(9)2-1-3-5(6)10;5-4-3-6-1-2-7-4/h2-4,6-7,9-11H,5,8,12H2,1H3,(H,27,28,30);6-7,13H,3-5H2,1-2H3,(H,15,16,17);1-3H;1-3H. The van der Waals surface area contributed by atoms with Gasteiger partial charge in [-0.15, -0.1) is 0 Å². The first-order chi connectivity index (χ1) is 31.2. The fraction of sp³-hybridized carbons (Fsp3) is 0.205. The molecule has 2 amide bonds. The van der Waals surface area contributed by atoms with Gasteiger partial charge in [-0.05, 0) is 80.2 Å². The van der Waals surface area contributed by atoms with Crippen LogP contribution in [-0.2, 0) is 4.79 Å². The fourth-order valence-electron chi connectivity index (χ4n) is 6.05. The number of hydrogen-bond donors (Lipinski definition) is 3. The number of aromatic nitrogens is 8. The van der Waals surface area contributed by atoms with E-state index in [1.165, 1.54) is 48.3 Å². The average molecular weight is 932 g/mol. The summed E-state index contributed by atoms with van der Waals surface area (Å²) in [6, 6.07) is 6.34. The Balaban J connectivity index is 0.000000189. The van der Waals surface area contributed by atoms with Crippen molar-refractivity contribution in [2.24, 2.45) is 0 Å². The van der Waals surface area contributed by atoms with Crippen molar-refractivity contribution in [3.05, 3.63) is 160 Å². The number of benzene rings is 2. The second-order valence-electron chi connectivity index (χ2n) is 13.9. The van der Waals surface area contributed by atoms with Gasteiger partial charge in [0.25, 0.3) is 11.1 Å². The van der Waals surface area contributed by atoms with Gasteiger partial charge in [0.2, 0.25) is 5.91 Å². The summed E-state index contributed by atoms with van der Waals surface area (Å²) >= 11 is 10.3. The van der Waals surface area contributed by atoms with Crippen LogP contribution in [0, 0.1) is 23.3 Å². The van der Waals surface area contributed by atoms with Crippen LogP contribution in [0.1, 0.15) is 65.7 Å². The molecule has 2 aromatic carbocycles. The molecule has 2 aliphatic heterocycles. The van der Waals surface area contributed by atoms with E-state index in [9.17, 15) is 31.9 Å². The SMILES string of the molecule is CC(=O)Nc1cnc(C2=C(C)CCNC2)cn1.CC1=C(c2cnc(NC(=O)c3c(F)cccc3F)cn2)CN(c2cnccn2)CC1.Clc1cnccn1.O=C(Cl)c1c(F)cccc1F. The highest BCUT2D eigenvalue weighted by Gasteiger charge is 2.22. The Morgan fingerprint density at radius 3 is 1.68 bits per heavy atom. The van der Waals surface area contributed by atoms with Gasteiger partial charge in [-0.2, -0.15) is 0 Å². The van der Waals surface area contributed by atoms with Crippen LogP contribution < -0.4 is 20.9 Å². The van der Waals surface area contributed by atoms with E-state index in [-0.39, 0.29) is 11.7 Å². The largest absolute Gasteiger partial charge is 0.351 e. The van der Waals surface area contributed by atoms with E-state index in [4.69, 9.17) is 23.2 Å². The van der Waals surface area contributed by atoms with E-state index >= 15 is 0 Å². The summed E-state index contributed by atoms with van der Waals surface area (Å²) in [5.74, 6) is -3.44. The lowest BCUT2D eigenvalue weighted by Gasteiger charge is -2.30. The Morgan fingerprint density at radius 2 is 1.22 bits per heavy atom. The van der Waals surface area contributed by atoms with Gasteiger partial charge in [-0.3, -0.25) is 34.3 Å². The van der Waals surface area contributed by atoms with E-state index in [2.05, 4.69) is 67.6 Å². The van der Waals surface area contributed by atoms with E-state index in [0.717, 1.165) is 79.9 Å². The van der Waals surface area contributed by atoms with Crippen LogP contribution in [0.25, 0.3) is 11.1 Å². The number of carbonyl (C=O) groups excluding carboxylic acids is 3. The summed E-state index contributed by atoms with van der Waals surface area (Å²) in [4.78, 5) is 68.4. The number of carbonyl (C=O) groups is 3. The Bertz CT molecular complexity index is 2610. The molecule has 0 spiro atoms. The zero-order valence-corrected chi connectivity index (χ0v) is 36.5. The topological polar surface area (TPSA) is 194 Å². The summed E-state index contributed by atoms with van der Waals surface area (Å²) in [5.41, 5.74) is 4.94. The molecule has 8 rings (SSSR count). The summed E-state index contributed by atoms with van der Waals surface area (Å²) in [6.07, 6.45) is 17.7. The van der Waals surface area contributed by atoms with Gasteiger partial charge in [0.05, 0.1) is 48.6 Å². The quantitative estimate of drug-likeness (QED) is 0.103. The predicted octanol–water partition coefficient (Wildman–Crippen LogP) is 8.16. The number of amides is 2. The maximum atomic E-state index is 13.8. The van der Waals surface area contributed by atoms with Crippen molar-refractivity contribution in [2.45, 2.75) is 33.6 Å². The molecule has 0 radical (unpaired) electrons. The molecule has 6 aromatic rings. The van der Waals surface area contributed by atoms with Gasteiger partial charge >= 0.3 is 0 Å². The molecule has 65 heavy (non-hydrogen) atoms. The lowest BCUT2D eigenvalue weighted by atomic mass is 9.99. The molecule has 0 unspecified atom stereocenters. The smallest absolute Gasteiger partial charge is 0.262 e. The first kappa shape index (κ1) is 48.9. The monoisotopic (exact) mass is 930 g/mol. The van der Waals surface area contributed by atoms with Crippen LogP contribution in [0.2, 0.25) is 5.15 Å². The third-order valence-corrected chi connectivity index (χ3v) is 9.72. The molecule has 4 aromatic heterocycles. The Labute approximate surface area is 380 Å². The molecule has 6 heterocycles. The van der Waals surface area contributed by atoms with Gasteiger partial charge in [0, 0.05) is 51.3 Å². The van der Waals surface area contributed by atoms with Crippen LogP contribution >= 0.6 is 23.2 Å². The molecule has 0 bridgehead atoms. The van der Waals surface area contributed by atoms with Crippen molar-refractivity contribution in [1.82, 2.24) is 45.2 Å². The third-order valence-electron chi connectivity index (χ3n) is 9.34. The van der Waals surface area contributed by atoms with Gasteiger partial charge in [-0.25, -0.2) is 37.5 Å². The molecule has 0 saturated carbocycles. The number of rotatable bonds is 7. The minimum Gasteiger partial charge on any atom is -0.351 e.